The number of aryl methyl sites for hydroxylation is 2. The number of para-hydroxylation sites is 1. The Balaban J connectivity index is 0.00000267. The molecule has 7 N–H and O–H groups in total. The van der Waals surface area contributed by atoms with Crippen LogP contribution in [-0.4, -0.2) is 122 Å². The van der Waals surface area contributed by atoms with Crippen LogP contribution in [0.15, 0.2) is 127 Å². The standard InChI is InChI=1S/C57H70N8O6S.CH3NO/c1-4-63-52-20-15-44(36-51(52)50-19-16-45(37-53(50)63)55-14-10-34-72-55)38-60-23-26-67-28-30-69-32-33-70-31-29-68-27-25-62(59)40-48(58)41-71-54-21-17-46(35-42(54)2)57-47(39-65(61-57)49-12-6-5-7-13-49)18-22-56(66)64-24-9-8-11-43(64)3;2-1-3/h5-7,10,12-22,34-37,39-40,43,60H,4,8-9,11,23-33,38,41,58-59H2,1-3H3;1H,(H2,2,3)/b22-18+,48-40-;. The molecule has 75 heavy (non-hydrogen) atoms. The molecule has 1 unspecified atom stereocenters. The molecule has 1 saturated heterocycles. The fraction of sp³-hybridized carbons (Fsp3) is 0.362. The molecular formula is C58H73N9O7S. The Bertz CT molecular complexity index is 2940. The number of rotatable bonds is 27. The van der Waals surface area contributed by atoms with E-state index in [2.05, 4.69) is 83.4 Å². The first kappa shape index (κ1) is 55.9. The number of nitrogens with zero attached hydrogens (tertiary/aromatic N) is 5. The number of likely N-dealkylation sites (tertiary alicyclic amines) is 1. The minimum Gasteiger partial charge on any atom is -0.487 e. The van der Waals surface area contributed by atoms with E-state index in [0.717, 1.165) is 73.5 Å². The van der Waals surface area contributed by atoms with Crippen LogP contribution in [0.3, 0.4) is 0 Å². The Morgan fingerprint density at radius 1 is 0.853 bits per heavy atom. The maximum Gasteiger partial charge on any atom is 0.246 e. The van der Waals surface area contributed by atoms with E-state index in [1.165, 1.54) is 42.8 Å². The summed E-state index contributed by atoms with van der Waals surface area (Å²) >= 11 is 1.78. The maximum atomic E-state index is 13.2. The molecule has 0 aliphatic carbocycles. The largest absolute Gasteiger partial charge is 0.487 e. The van der Waals surface area contributed by atoms with Gasteiger partial charge in [0.05, 0.1) is 76.5 Å². The Morgan fingerprint density at radius 3 is 2.29 bits per heavy atom. The minimum absolute atomic E-state index is 0.0258. The zero-order valence-corrected chi connectivity index (χ0v) is 44.4. The molecule has 0 radical (unpaired) electrons. The summed E-state index contributed by atoms with van der Waals surface area (Å²) in [5.74, 6) is 6.90. The van der Waals surface area contributed by atoms with Gasteiger partial charge in [-0.1, -0.05) is 42.5 Å². The summed E-state index contributed by atoms with van der Waals surface area (Å²) in [6.45, 7) is 14.1. The summed E-state index contributed by atoms with van der Waals surface area (Å²) in [4.78, 5) is 25.0. The van der Waals surface area contributed by atoms with E-state index < -0.39 is 0 Å². The van der Waals surface area contributed by atoms with Crippen molar-refractivity contribution in [3.63, 3.8) is 0 Å². The second-order valence-electron chi connectivity index (χ2n) is 18.2. The van der Waals surface area contributed by atoms with Gasteiger partial charge in [0.15, 0.2) is 0 Å². The van der Waals surface area contributed by atoms with Crippen molar-refractivity contribution in [3.05, 3.63) is 143 Å². The highest BCUT2D eigenvalue weighted by Gasteiger charge is 2.22. The molecule has 7 aromatic rings. The SMILES string of the molecule is CCn1c2ccc(CNCCOCCOCCOCCOCCN(N)/C=C(\N)COc3ccc(-c4nn(-c5ccccc5)cc4/C=C/C(=O)N4CCCCC4C)cc3C)cc2c2ccc(-c3cccs3)cc21.NC=O. The second kappa shape index (κ2) is 29.3. The lowest BCUT2D eigenvalue weighted by atomic mass is 10.0. The fourth-order valence-electron chi connectivity index (χ4n) is 9.07. The third-order valence-electron chi connectivity index (χ3n) is 12.8. The summed E-state index contributed by atoms with van der Waals surface area (Å²) < 4.78 is 33.2. The summed E-state index contributed by atoms with van der Waals surface area (Å²) in [5.41, 5.74) is 20.4. The number of nitrogens with one attached hydrogen (secondary N) is 1. The number of ether oxygens (including phenoxy) is 5. The van der Waals surface area contributed by atoms with Crippen molar-refractivity contribution in [1.82, 2.24) is 29.6 Å². The first-order valence-corrected chi connectivity index (χ1v) is 26.7. The van der Waals surface area contributed by atoms with Gasteiger partial charge in [-0.25, -0.2) is 10.5 Å². The molecule has 2 amide bonds. The first-order valence-electron chi connectivity index (χ1n) is 25.8. The highest BCUT2D eigenvalue weighted by Crippen LogP contribution is 2.35. The summed E-state index contributed by atoms with van der Waals surface area (Å²) in [7, 11) is 0. The molecule has 17 heteroatoms. The van der Waals surface area contributed by atoms with Crippen LogP contribution < -0.4 is 27.4 Å². The van der Waals surface area contributed by atoms with Crippen molar-refractivity contribution in [2.45, 2.75) is 59.2 Å². The van der Waals surface area contributed by atoms with Gasteiger partial charge in [-0.05, 0) is 123 Å². The van der Waals surface area contributed by atoms with E-state index in [0.29, 0.717) is 70.8 Å². The molecule has 1 aliphatic heterocycles. The molecule has 0 saturated carbocycles. The molecule has 3 aromatic heterocycles. The van der Waals surface area contributed by atoms with Crippen molar-refractivity contribution in [2.24, 2.45) is 17.3 Å². The predicted octanol–water partition coefficient (Wildman–Crippen LogP) is 8.43. The first-order chi connectivity index (χ1) is 36.7. The molecule has 8 rings (SSSR count). The van der Waals surface area contributed by atoms with Crippen molar-refractivity contribution in [3.8, 4) is 33.1 Å². The van der Waals surface area contributed by atoms with Gasteiger partial charge >= 0.3 is 0 Å². The van der Waals surface area contributed by atoms with Crippen LogP contribution in [0.4, 0.5) is 0 Å². The zero-order valence-electron chi connectivity index (χ0n) is 43.5. The van der Waals surface area contributed by atoms with Crippen LogP contribution in [-0.2, 0) is 41.6 Å². The molecule has 4 aromatic carbocycles. The number of primary amides is 1. The molecule has 0 spiro atoms. The van der Waals surface area contributed by atoms with Gasteiger partial charge in [0.1, 0.15) is 12.4 Å². The average molecular weight is 1040 g/mol. The number of hydrogen-bond acceptors (Lipinski definition) is 13. The van der Waals surface area contributed by atoms with Gasteiger partial charge < -0.3 is 54.9 Å². The lowest BCUT2D eigenvalue weighted by Gasteiger charge is -2.32. The monoisotopic (exact) mass is 1040 g/mol. The third kappa shape index (κ3) is 16.1. The number of aromatic nitrogens is 3. The van der Waals surface area contributed by atoms with E-state index in [-0.39, 0.29) is 25.0 Å². The third-order valence-corrected chi connectivity index (χ3v) is 13.8. The lowest BCUT2D eigenvalue weighted by molar-refractivity contribution is -0.129. The number of hydrogen-bond donors (Lipinski definition) is 4. The Labute approximate surface area is 444 Å². The van der Waals surface area contributed by atoms with Crippen molar-refractivity contribution < 1.29 is 33.3 Å². The van der Waals surface area contributed by atoms with Crippen molar-refractivity contribution in [1.29, 1.82) is 0 Å². The predicted molar refractivity (Wildman–Crippen MR) is 300 cm³/mol. The van der Waals surface area contributed by atoms with E-state index in [1.807, 2.05) is 77.3 Å². The Hall–Kier alpha value is -6.83. The topological polar surface area (TPSA) is 200 Å². The highest BCUT2D eigenvalue weighted by atomic mass is 32.1. The number of thiophene rings is 1. The van der Waals surface area contributed by atoms with E-state index >= 15 is 0 Å². The molecule has 1 aliphatic rings. The van der Waals surface area contributed by atoms with Crippen LogP contribution in [0.5, 0.6) is 5.75 Å². The minimum atomic E-state index is 0.0258. The van der Waals surface area contributed by atoms with Gasteiger partial charge in [-0.15, -0.1) is 11.3 Å². The summed E-state index contributed by atoms with van der Waals surface area (Å²) in [6.07, 6.45) is 10.6. The van der Waals surface area contributed by atoms with Crippen molar-refractivity contribution in [2.75, 3.05) is 79.1 Å². The van der Waals surface area contributed by atoms with Gasteiger partial charge in [0.2, 0.25) is 12.3 Å². The smallest absolute Gasteiger partial charge is 0.246 e. The van der Waals surface area contributed by atoms with Gasteiger partial charge in [-0.3, -0.25) is 9.59 Å². The highest BCUT2D eigenvalue weighted by molar-refractivity contribution is 7.13. The number of hydrazine groups is 1. The molecule has 1 fully saturated rings. The van der Waals surface area contributed by atoms with Crippen LogP contribution >= 0.6 is 11.3 Å². The van der Waals surface area contributed by atoms with Crippen molar-refractivity contribution >= 4 is 51.5 Å². The van der Waals surface area contributed by atoms with E-state index in [4.69, 9.17) is 45.2 Å². The number of amides is 2. The lowest BCUT2D eigenvalue weighted by Crippen LogP contribution is -2.41. The fourth-order valence-corrected chi connectivity index (χ4v) is 9.79. The Kier molecular flexibility index (Phi) is 21.8. The number of piperidine rings is 1. The number of benzene rings is 4. The van der Waals surface area contributed by atoms with Crippen LogP contribution in [0.25, 0.3) is 55.3 Å². The number of carbonyl (C=O) groups is 2. The summed E-state index contributed by atoms with van der Waals surface area (Å²) in [5, 5.41) is 14.7. The van der Waals surface area contributed by atoms with Crippen LogP contribution in [0.1, 0.15) is 49.8 Å². The molecule has 4 heterocycles. The van der Waals surface area contributed by atoms with Crippen LogP contribution in [0, 0.1) is 6.92 Å². The molecule has 0 bridgehead atoms. The maximum absolute atomic E-state index is 13.2. The van der Waals surface area contributed by atoms with Gasteiger partial charge in [0.25, 0.3) is 0 Å². The second-order valence-corrected chi connectivity index (χ2v) is 19.1. The van der Waals surface area contributed by atoms with E-state index in [9.17, 15) is 4.79 Å². The molecular weight excluding hydrogens is 967 g/mol. The summed E-state index contributed by atoms with van der Waals surface area (Å²) in [6, 6.07) is 34.0. The van der Waals surface area contributed by atoms with Gasteiger partial charge in [-0.2, -0.15) is 5.10 Å². The van der Waals surface area contributed by atoms with E-state index in [1.54, 1.807) is 23.6 Å². The average Bonchev–Trinajstić information content (AvgIpc) is 4.20. The van der Waals surface area contributed by atoms with Crippen LogP contribution in [0.2, 0.25) is 0 Å². The number of nitrogens with two attached hydrogens (primary N) is 3. The normalized spacial score (nSPS) is 13.9. The quantitative estimate of drug-likeness (QED) is 0.0126. The zero-order chi connectivity index (χ0) is 52.8. The molecule has 398 valence electrons. The molecule has 16 nitrogen and oxygen atoms in total. The number of fused-ring (bicyclic) bond motifs is 3. The molecule has 1 atom stereocenters. The number of carbonyl (C=O) groups excluding carboxylic acids is 2. The van der Waals surface area contributed by atoms with Gasteiger partial charge in [0, 0.05) is 88.5 Å². The Morgan fingerprint density at radius 2 is 1.59 bits per heavy atom.